The Bertz CT molecular complexity index is 1470. The summed E-state index contributed by atoms with van der Waals surface area (Å²) < 4.78 is 15.5. The predicted molar refractivity (Wildman–Crippen MR) is 143 cm³/mol. The van der Waals surface area contributed by atoms with Gasteiger partial charge in [-0.15, -0.1) is 10.2 Å². The standard InChI is InChI=1S/C28H26FN5OS/c1-2-3-6-19-9-13-21(14-10-19)31-26(35)18-36-28-33-32-27(34(28)22-15-11-20(29)12-16-22)24-17-30-25-8-5-4-7-23(24)25/h4-5,7-17,30H,2-3,6,18H2,1H3,(H,31,35). The molecule has 0 saturated carbocycles. The molecule has 5 rings (SSSR count). The van der Waals surface area contributed by atoms with Crippen LogP contribution in [0.2, 0.25) is 0 Å². The average molecular weight is 500 g/mol. The molecule has 3 aromatic carbocycles. The second-order valence-corrected chi connectivity index (χ2v) is 9.45. The third-order valence-corrected chi connectivity index (χ3v) is 6.87. The molecule has 1 amide bonds. The van der Waals surface area contributed by atoms with Gasteiger partial charge in [-0.2, -0.15) is 0 Å². The number of fused-ring (bicyclic) bond motifs is 1. The van der Waals surface area contributed by atoms with Crippen LogP contribution in [0, 0.1) is 5.82 Å². The number of unbranched alkanes of at least 4 members (excludes halogenated alkanes) is 1. The smallest absolute Gasteiger partial charge is 0.234 e. The minimum absolute atomic E-state index is 0.136. The highest BCUT2D eigenvalue weighted by Gasteiger charge is 2.20. The maximum atomic E-state index is 13.7. The summed E-state index contributed by atoms with van der Waals surface area (Å²) in [7, 11) is 0. The highest BCUT2D eigenvalue weighted by atomic mass is 32.2. The van der Waals surface area contributed by atoms with Crippen molar-refractivity contribution in [3.63, 3.8) is 0 Å². The monoisotopic (exact) mass is 499 g/mol. The maximum Gasteiger partial charge on any atom is 0.234 e. The highest BCUT2D eigenvalue weighted by Crippen LogP contribution is 2.32. The Labute approximate surface area is 213 Å². The first-order chi connectivity index (χ1) is 17.6. The number of aromatic amines is 1. The fourth-order valence-corrected chi connectivity index (χ4v) is 4.83. The van der Waals surface area contributed by atoms with Crippen LogP contribution in [0.15, 0.2) is 84.1 Å². The van der Waals surface area contributed by atoms with E-state index >= 15 is 0 Å². The molecule has 2 N–H and O–H groups in total. The Hall–Kier alpha value is -3.91. The lowest BCUT2D eigenvalue weighted by molar-refractivity contribution is -0.113. The molecule has 0 atom stereocenters. The molecule has 0 aliphatic rings. The van der Waals surface area contributed by atoms with Gasteiger partial charge >= 0.3 is 0 Å². The molecule has 8 heteroatoms. The Morgan fingerprint density at radius 2 is 1.81 bits per heavy atom. The van der Waals surface area contributed by atoms with E-state index in [0.717, 1.165) is 41.4 Å². The van der Waals surface area contributed by atoms with Crippen molar-refractivity contribution in [3.05, 3.63) is 90.4 Å². The van der Waals surface area contributed by atoms with Gasteiger partial charge in [-0.3, -0.25) is 9.36 Å². The summed E-state index contributed by atoms with van der Waals surface area (Å²) >= 11 is 1.28. The van der Waals surface area contributed by atoms with Crippen LogP contribution in [-0.4, -0.2) is 31.4 Å². The van der Waals surface area contributed by atoms with Crippen molar-refractivity contribution in [3.8, 4) is 17.1 Å². The first-order valence-electron chi connectivity index (χ1n) is 11.9. The van der Waals surface area contributed by atoms with Crippen LogP contribution >= 0.6 is 11.8 Å². The fraction of sp³-hybridized carbons (Fsp3) is 0.179. The molecule has 36 heavy (non-hydrogen) atoms. The summed E-state index contributed by atoms with van der Waals surface area (Å²) in [6.45, 7) is 2.17. The molecule has 2 aromatic heterocycles. The van der Waals surface area contributed by atoms with Gasteiger partial charge < -0.3 is 10.3 Å². The minimum atomic E-state index is -0.324. The van der Waals surface area contributed by atoms with E-state index in [-0.39, 0.29) is 17.5 Å². The molecule has 0 radical (unpaired) electrons. The van der Waals surface area contributed by atoms with Crippen molar-refractivity contribution < 1.29 is 9.18 Å². The molecule has 0 spiro atoms. The van der Waals surface area contributed by atoms with Crippen LogP contribution in [0.4, 0.5) is 10.1 Å². The number of aryl methyl sites for hydroxylation is 1. The molecule has 0 saturated heterocycles. The van der Waals surface area contributed by atoms with Crippen molar-refractivity contribution in [1.82, 2.24) is 19.7 Å². The number of nitrogens with one attached hydrogen (secondary N) is 2. The Kier molecular flexibility index (Phi) is 7.13. The third kappa shape index (κ3) is 5.18. The minimum Gasteiger partial charge on any atom is -0.360 e. The summed E-state index contributed by atoms with van der Waals surface area (Å²) in [4.78, 5) is 16.0. The summed E-state index contributed by atoms with van der Waals surface area (Å²) in [5.41, 5.74) is 4.60. The Morgan fingerprint density at radius 3 is 2.58 bits per heavy atom. The zero-order valence-electron chi connectivity index (χ0n) is 19.9. The second-order valence-electron chi connectivity index (χ2n) is 8.50. The molecule has 2 heterocycles. The molecule has 0 bridgehead atoms. The van der Waals surface area contributed by atoms with Crippen LogP contribution in [-0.2, 0) is 11.2 Å². The normalized spacial score (nSPS) is 11.2. The van der Waals surface area contributed by atoms with Gasteiger partial charge in [0.1, 0.15) is 5.82 Å². The molecule has 0 aliphatic carbocycles. The predicted octanol–water partition coefficient (Wildman–Crippen LogP) is 6.63. The van der Waals surface area contributed by atoms with E-state index in [9.17, 15) is 9.18 Å². The average Bonchev–Trinajstić information content (AvgIpc) is 3.51. The number of nitrogens with zero attached hydrogens (tertiary/aromatic N) is 3. The second kappa shape index (κ2) is 10.8. The number of aromatic nitrogens is 4. The number of rotatable bonds is 9. The van der Waals surface area contributed by atoms with Crippen LogP contribution in [0.5, 0.6) is 0 Å². The lowest BCUT2D eigenvalue weighted by Gasteiger charge is -2.10. The van der Waals surface area contributed by atoms with E-state index in [1.807, 2.05) is 47.2 Å². The molecule has 0 unspecified atom stereocenters. The number of halogens is 1. The number of H-pyrrole nitrogens is 1. The van der Waals surface area contributed by atoms with Gasteiger partial charge in [-0.1, -0.05) is 55.4 Å². The number of amides is 1. The van der Waals surface area contributed by atoms with Crippen molar-refractivity contribution in [2.45, 2.75) is 31.3 Å². The lowest BCUT2D eigenvalue weighted by atomic mass is 10.1. The SMILES string of the molecule is CCCCc1ccc(NC(=O)CSc2nnc(-c3c[nH]c4ccccc34)n2-c2ccc(F)cc2)cc1. The molecule has 0 fully saturated rings. The largest absolute Gasteiger partial charge is 0.360 e. The van der Waals surface area contributed by atoms with E-state index in [0.29, 0.717) is 16.7 Å². The number of hydrogen-bond acceptors (Lipinski definition) is 4. The quantitative estimate of drug-likeness (QED) is 0.223. The number of para-hydroxylation sites is 1. The fourth-order valence-electron chi connectivity index (χ4n) is 4.08. The number of carbonyl (C=O) groups is 1. The van der Waals surface area contributed by atoms with Gasteiger partial charge in [-0.25, -0.2) is 4.39 Å². The van der Waals surface area contributed by atoms with E-state index in [1.54, 1.807) is 12.1 Å². The first kappa shape index (κ1) is 23.8. The van der Waals surface area contributed by atoms with Crippen molar-refractivity contribution >= 4 is 34.3 Å². The van der Waals surface area contributed by atoms with Gasteiger partial charge in [0.15, 0.2) is 11.0 Å². The van der Waals surface area contributed by atoms with Crippen molar-refractivity contribution in [2.24, 2.45) is 0 Å². The van der Waals surface area contributed by atoms with Crippen LogP contribution < -0.4 is 5.32 Å². The van der Waals surface area contributed by atoms with E-state index in [1.165, 1.54) is 29.5 Å². The third-order valence-electron chi connectivity index (χ3n) is 5.94. The summed E-state index contributed by atoms with van der Waals surface area (Å²) in [5.74, 6) is 0.313. The molecular formula is C28H26FN5OS. The maximum absolute atomic E-state index is 13.7. The van der Waals surface area contributed by atoms with E-state index < -0.39 is 0 Å². The molecule has 0 aliphatic heterocycles. The number of benzene rings is 3. The molecular weight excluding hydrogens is 473 g/mol. The Morgan fingerprint density at radius 1 is 1.03 bits per heavy atom. The number of hydrogen-bond donors (Lipinski definition) is 2. The number of carbonyl (C=O) groups excluding carboxylic acids is 1. The highest BCUT2D eigenvalue weighted by molar-refractivity contribution is 7.99. The van der Waals surface area contributed by atoms with E-state index in [4.69, 9.17) is 0 Å². The summed E-state index contributed by atoms with van der Waals surface area (Å²) in [6.07, 6.45) is 5.23. The zero-order chi connectivity index (χ0) is 24.9. The van der Waals surface area contributed by atoms with Gasteiger partial charge in [0.2, 0.25) is 5.91 Å². The first-order valence-corrected chi connectivity index (χ1v) is 12.9. The van der Waals surface area contributed by atoms with Crippen LogP contribution in [0.1, 0.15) is 25.3 Å². The van der Waals surface area contributed by atoms with Crippen LogP contribution in [0.25, 0.3) is 28.0 Å². The number of anilines is 1. The van der Waals surface area contributed by atoms with Crippen LogP contribution in [0.3, 0.4) is 0 Å². The van der Waals surface area contributed by atoms with Gasteiger partial charge in [0.05, 0.1) is 5.75 Å². The summed E-state index contributed by atoms with van der Waals surface area (Å²) in [5, 5.41) is 13.3. The topological polar surface area (TPSA) is 75.6 Å². The van der Waals surface area contributed by atoms with Gasteiger partial charge in [0, 0.05) is 34.0 Å². The zero-order valence-corrected chi connectivity index (χ0v) is 20.7. The van der Waals surface area contributed by atoms with Crippen molar-refractivity contribution in [1.29, 1.82) is 0 Å². The molecule has 6 nitrogen and oxygen atoms in total. The summed E-state index contributed by atoms with van der Waals surface area (Å²) in [6, 6.07) is 22.1. The van der Waals surface area contributed by atoms with Gasteiger partial charge in [-0.05, 0) is 60.9 Å². The number of thioether (sulfide) groups is 1. The Balaban J connectivity index is 1.37. The molecule has 5 aromatic rings. The molecule has 182 valence electrons. The lowest BCUT2D eigenvalue weighted by Crippen LogP contribution is -2.14. The van der Waals surface area contributed by atoms with Crippen molar-refractivity contribution in [2.75, 3.05) is 11.1 Å². The van der Waals surface area contributed by atoms with E-state index in [2.05, 4.69) is 39.6 Å². The van der Waals surface area contributed by atoms with Gasteiger partial charge in [0.25, 0.3) is 0 Å².